The first-order valence-electron chi connectivity index (χ1n) is 8.67. The first-order valence-corrected chi connectivity index (χ1v) is 8.67. The first-order chi connectivity index (χ1) is 12.7. The van der Waals surface area contributed by atoms with Crippen molar-refractivity contribution in [2.45, 2.75) is 13.0 Å². The lowest BCUT2D eigenvalue weighted by molar-refractivity contribution is 0.0117. The van der Waals surface area contributed by atoms with Crippen molar-refractivity contribution in [2.24, 2.45) is 0 Å². The number of hydrogen-bond acceptors (Lipinski definition) is 6. The lowest BCUT2D eigenvalue weighted by atomic mass is 10.1. The predicted molar refractivity (Wildman–Crippen MR) is 93.9 cm³/mol. The minimum atomic E-state index is -0.225. The van der Waals surface area contributed by atoms with Gasteiger partial charge in [0.15, 0.2) is 11.3 Å². The molecule has 3 aromatic rings. The summed E-state index contributed by atoms with van der Waals surface area (Å²) in [6, 6.07) is 7.33. The highest BCUT2D eigenvalue weighted by Gasteiger charge is 2.26. The Morgan fingerprint density at radius 1 is 1.35 bits per heavy atom. The molecular weight excluding hydrogens is 334 g/mol. The highest BCUT2D eigenvalue weighted by molar-refractivity contribution is 5.93. The van der Waals surface area contributed by atoms with Gasteiger partial charge in [-0.05, 0) is 25.1 Å². The fourth-order valence-electron chi connectivity index (χ4n) is 3.15. The van der Waals surface area contributed by atoms with E-state index in [2.05, 4.69) is 20.3 Å². The average molecular weight is 355 g/mol. The molecular formula is C18H21N5O3. The monoisotopic (exact) mass is 355 g/mol. The van der Waals surface area contributed by atoms with Gasteiger partial charge in [0.1, 0.15) is 11.5 Å². The number of furan rings is 1. The summed E-state index contributed by atoms with van der Waals surface area (Å²) in [7, 11) is 0. The molecule has 1 N–H and O–H groups in total. The number of fused-ring (bicyclic) bond motifs is 1. The minimum absolute atomic E-state index is 0.0355. The number of hydrogen-bond donors (Lipinski definition) is 1. The van der Waals surface area contributed by atoms with E-state index in [9.17, 15) is 4.79 Å². The Morgan fingerprint density at radius 3 is 2.92 bits per heavy atom. The smallest absolute Gasteiger partial charge is 0.271 e. The van der Waals surface area contributed by atoms with Gasteiger partial charge in [0.05, 0.1) is 19.3 Å². The maximum atomic E-state index is 12.5. The number of carbonyl (C=O) groups is 1. The number of rotatable bonds is 5. The molecule has 1 aliphatic rings. The van der Waals surface area contributed by atoms with Crippen LogP contribution in [0.4, 0.5) is 0 Å². The summed E-state index contributed by atoms with van der Waals surface area (Å²) in [4.78, 5) is 19.0. The second-order valence-electron chi connectivity index (χ2n) is 6.27. The summed E-state index contributed by atoms with van der Waals surface area (Å²) < 4.78 is 12.8. The van der Waals surface area contributed by atoms with Crippen molar-refractivity contribution >= 4 is 11.6 Å². The third-order valence-corrected chi connectivity index (χ3v) is 4.50. The average Bonchev–Trinajstić information content (AvgIpc) is 3.29. The Labute approximate surface area is 150 Å². The van der Waals surface area contributed by atoms with Crippen LogP contribution in [0.2, 0.25) is 0 Å². The van der Waals surface area contributed by atoms with Gasteiger partial charge in [0.2, 0.25) is 0 Å². The van der Waals surface area contributed by atoms with E-state index >= 15 is 0 Å². The lowest BCUT2D eigenvalue weighted by Crippen LogP contribution is -2.43. The van der Waals surface area contributed by atoms with Crippen molar-refractivity contribution in [2.75, 3.05) is 32.8 Å². The van der Waals surface area contributed by atoms with Crippen LogP contribution in [-0.4, -0.2) is 58.3 Å². The van der Waals surface area contributed by atoms with E-state index in [-0.39, 0.29) is 11.9 Å². The van der Waals surface area contributed by atoms with Gasteiger partial charge in [-0.15, -0.1) is 0 Å². The molecule has 1 atom stereocenters. The minimum Gasteiger partial charge on any atom is -0.465 e. The molecule has 1 aliphatic heterocycles. The molecule has 1 fully saturated rings. The molecule has 0 aliphatic carbocycles. The number of carbonyl (C=O) groups excluding carboxylic acids is 1. The maximum Gasteiger partial charge on any atom is 0.271 e. The van der Waals surface area contributed by atoms with Crippen LogP contribution in [0.3, 0.4) is 0 Å². The van der Waals surface area contributed by atoms with Crippen LogP contribution in [0.25, 0.3) is 5.65 Å². The van der Waals surface area contributed by atoms with E-state index in [0.717, 1.165) is 24.6 Å². The van der Waals surface area contributed by atoms with E-state index in [1.54, 1.807) is 29.0 Å². The van der Waals surface area contributed by atoms with Gasteiger partial charge in [0, 0.05) is 38.1 Å². The number of aromatic nitrogens is 3. The molecule has 0 spiro atoms. The quantitative estimate of drug-likeness (QED) is 0.745. The van der Waals surface area contributed by atoms with Crippen molar-refractivity contribution in [1.82, 2.24) is 24.8 Å². The van der Waals surface area contributed by atoms with Crippen molar-refractivity contribution in [3.63, 3.8) is 0 Å². The summed E-state index contributed by atoms with van der Waals surface area (Å²) in [5.41, 5.74) is 0.990. The fraction of sp³-hybridized carbons (Fsp3) is 0.389. The lowest BCUT2D eigenvalue weighted by Gasteiger charge is -2.33. The van der Waals surface area contributed by atoms with Crippen molar-refractivity contribution in [1.29, 1.82) is 0 Å². The van der Waals surface area contributed by atoms with Crippen LogP contribution in [0.5, 0.6) is 0 Å². The zero-order valence-electron chi connectivity index (χ0n) is 14.6. The molecule has 26 heavy (non-hydrogen) atoms. The second-order valence-corrected chi connectivity index (χ2v) is 6.27. The van der Waals surface area contributed by atoms with Gasteiger partial charge in [-0.25, -0.2) is 9.50 Å². The molecule has 1 saturated heterocycles. The summed E-state index contributed by atoms with van der Waals surface area (Å²) in [5, 5.41) is 7.25. The number of nitrogens with one attached hydrogen (secondary N) is 1. The molecule has 1 amide bonds. The SMILES string of the molecule is Cc1ccc([C@H](CNC(=O)c2cc3ncccn3n2)N2CCOCC2)o1. The number of nitrogens with zero attached hydrogens (tertiary/aromatic N) is 4. The van der Waals surface area contributed by atoms with Crippen LogP contribution in [-0.2, 0) is 4.74 Å². The molecule has 4 heterocycles. The number of morpholine rings is 1. The van der Waals surface area contributed by atoms with Gasteiger partial charge >= 0.3 is 0 Å². The molecule has 0 unspecified atom stereocenters. The molecule has 0 aromatic carbocycles. The third-order valence-electron chi connectivity index (χ3n) is 4.50. The zero-order chi connectivity index (χ0) is 17.9. The molecule has 0 bridgehead atoms. The summed E-state index contributed by atoms with van der Waals surface area (Å²) in [6.07, 6.45) is 3.44. The standard InChI is InChI=1S/C18H21N5O3/c1-13-3-4-16(26-13)15(22-7-9-25-10-8-22)12-20-18(24)14-11-17-19-5-2-6-23(17)21-14/h2-6,11,15H,7-10,12H2,1H3,(H,20,24)/t15-/m0/s1. The van der Waals surface area contributed by atoms with Gasteiger partial charge in [-0.3, -0.25) is 9.69 Å². The predicted octanol–water partition coefficient (Wildman–Crippen LogP) is 1.43. The molecule has 3 aromatic heterocycles. The van der Waals surface area contributed by atoms with Crippen LogP contribution >= 0.6 is 0 Å². The largest absolute Gasteiger partial charge is 0.465 e. The molecule has 0 radical (unpaired) electrons. The third kappa shape index (κ3) is 3.47. The highest BCUT2D eigenvalue weighted by Crippen LogP contribution is 2.23. The van der Waals surface area contributed by atoms with Crippen LogP contribution in [0.15, 0.2) is 41.1 Å². The fourth-order valence-corrected chi connectivity index (χ4v) is 3.15. The normalized spacial score (nSPS) is 16.7. The van der Waals surface area contributed by atoms with E-state index in [1.165, 1.54) is 0 Å². The number of aryl methyl sites for hydroxylation is 1. The Balaban J connectivity index is 1.49. The Kier molecular flexibility index (Phi) is 4.68. The summed E-state index contributed by atoms with van der Waals surface area (Å²) in [6.45, 7) is 5.33. The van der Waals surface area contributed by atoms with E-state index in [0.29, 0.717) is 31.1 Å². The first kappa shape index (κ1) is 16.7. The van der Waals surface area contributed by atoms with Gasteiger partial charge in [0.25, 0.3) is 5.91 Å². The van der Waals surface area contributed by atoms with Crippen molar-refractivity contribution < 1.29 is 13.9 Å². The summed E-state index contributed by atoms with van der Waals surface area (Å²) >= 11 is 0. The molecule has 0 saturated carbocycles. The Bertz CT molecular complexity index is 864. The molecule has 8 heteroatoms. The Hall–Kier alpha value is -2.71. The topological polar surface area (TPSA) is 84.9 Å². The van der Waals surface area contributed by atoms with E-state index in [1.807, 2.05) is 19.1 Å². The van der Waals surface area contributed by atoms with Crippen LogP contribution in [0, 0.1) is 6.92 Å². The summed E-state index contributed by atoms with van der Waals surface area (Å²) in [5.74, 6) is 1.48. The van der Waals surface area contributed by atoms with Gasteiger partial charge in [-0.2, -0.15) is 5.10 Å². The second kappa shape index (κ2) is 7.27. The molecule has 136 valence electrons. The Morgan fingerprint density at radius 2 is 2.19 bits per heavy atom. The zero-order valence-corrected chi connectivity index (χ0v) is 14.6. The van der Waals surface area contributed by atoms with Crippen molar-refractivity contribution in [3.8, 4) is 0 Å². The number of ether oxygens (including phenoxy) is 1. The van der Waals surface area contributed by atoms with E-state index < -0.39 is 0 Å². The van der Waals surface area contributed by atoms with Gasteiger partial charge in [-0.1, -0.05) is 0 Å². The van der Waals surface area contributed by atoms with Crippen LogP contribution < -0.4 is 5.32 Å². The highest BCUT2D eigenvalue weighted by atomic mass is 16.5. The van der Waals surface area contributed by atoms with E-state index in [4.69, 9.17) is 9.15 Å². The van der Waals surface area contributed by atoms with Crippen molar-refractivity contribution in [3.05, 3.63) is 53.9 Å². The number of amides is 1. The molecule has 4 rings (SSSR count). The van der Waals surface area contributed by atoms with Gasteiger partial charge < -0.3 is 14.5 Å². The van der Waals surface area contributed by atoms with Crippen LogP contribution in [0.1, 0.15) is 28.1 Å². The maximum absolute atomic E-state index is 12.5. The molecule has 8 nitrogen and oxygen atoms in total.